The molecule has 3 aliphatic carbocycles. The molecule has 0 aromatic heterocycles. The number of nitrogens with one attached hydrogen (secondary N) is 1. The Morgan fingerprint density at radius 1 is 1.21 bits per heavy atom. The fourth-order valence-electron chi connectivity index (χ4n) is 5.79. The van der Waals surface area contributed by atoms with Crippen LogP contribution in [0.5, 0.6) is 0 Å². The summed E-state index contributed by atoms with van der Waals surface area (Å²) in [6.07, 6.45) is 8.63. The molecule has 4 aliphatic rings. The molecule has 2 saturated carbocycles. The standard InChI is InChI=1S/C23H25F2N3O/c1-13-22(2)16-9-10-23(22,21(29)26-15-5-3-6-15)12-14(16)11-19(28-27-13)20-17(24)7-4-8-18(20)25/h4,7-8,11-13,15-16H,3,5-6,9-10H2,1-2H3,(H,26,29)/b19-11-,28-27?/t13?,16-,22?,23+/m1/s1. The minimum atomic E-state index is -0.660. The van der Waals surface area contributed by atoms with E-state index in [1.54, 1.807) is 6.08 Å². The number of benzene rings is 1. The Kier molecular flexibility index (Phi) is 4.06. The summed E-state index contributed by atoms with van der Waals surface area (Å²) >= 11 is 0. The second-order valence-corrected chi connectivity index (χ2v) is 9.11. The average Bonchev–Trinajstić information content (AvgIpc) is 3.09. The number of hydrogen-bond acceptors (Lipinski definition) is 3. The van der Waals surface area contributed by atoms with Crippen molar-refractivity contribution in [3.05, 3.63) is 53.1 Å². The van der Waals surface area contributed by atoms with Crippen LogP contribution in [-0.4, -0.2) is 18.0 Å². The maximum absolute atomic E-state index is 14.4. The van der Waals surface area contributed by atoms with Crippen molar-refractivity contribution in [2.45, 2.75) is 58.0 Å². The summed E-state index contributed by atoms with van der Waals surface area (Å²) in [4.78, 5) is 13.4. The Morgan fingerprint density at radius 2 is 1.93 bits per heavy atom. The van der Waals surface area contributed by atoms with Gasteiger partial charge in [-0.3, -0.25) is 4.79 Å². The van der Waals surface area contributed by atoms with E-state index in [4.69, 9.17) is 0 Å². The van der Waals surface area contributed by atoms with Gasteiger partial charge in [0.05, 0.1) is 22.7 Å². The van der Waals surface area contributed by atoms with Crippen molar-refractivity contribution in [1.82, 2.24) is 5.32 Å². The molecule has 152 valence electrons. The average molecular weight is 397 g/mol. The highest BCUT2D eigenvalue weighted by Gasteiger charge is 2.67. The van der Waals surface area contributed by atoms with E-state index in [0.29, 0.717) is 0 Å². The second-order valence-electron chi connectivity index (χ2n) is 9.11. The molecule has 4 nitrogen and oxygen atoms in total. The lowest BCUT2D eigenvalue weighted by molar-refractivity contribution is -0.135. The number of allylic oxidation sites excluding steroid dienone is 2. The first-order valence-electron chi connectivity index (χ1n) is 10.5. The van der Waals surface area contributed by atoms with Crippen LogP contribution >= 0.6 is 0 Å². The zero-order valence-electron chi connectivity index (χ0n) is 16.7. The van der Waals surface area contributed by atoms with Crippen LogP contribution in [0.4, 0.5) is 8.78 Å². The molecule has 1 heterocycles. The molecule has 0 radical (unpaired) electrons. The van der Waals surface area contributed by atoms with E-state index >= 15 is 0 Å². The maximum Gasteiger partial charge on any atom is 0.230 e. The summed E-state index contributed by atoms with van der Waals surface area (Å²) in [5.74, 6) is -1.13. The molecule has 0 spiro atoms. The molecule has 1 aromatic carbocycles. The number of amides is 1. The molecule has 4 atom stereocenters. The summed E-state index contributed by atoms with van der Waals surface area (Å²) in [6, 6.07) is 3.80. The van der Waals surface area contributed by atoms with E-state index in [0.717, 1.165) is 37.7 Å². The van der Waals surface area contributed by atoms with Crippen molar-refractivity contribution < 1.29 is 13.6 Å². The van der Waals surface area contributed by atoms with Gasteiger partial charge in [0.2, 0.25) is 5.91 Å². The van der Waals surface area contributed by atoms with Crippen LogP contribution in [0.15, 0.2) is 46.2 Å². The summed E-state index contributed by atoms with van der Waals surface area (Å²) in [7, 11) is 0. The fraction of sp³-hybridized carbons (Fsp3) is 0.522. The van der Waals surface area contributed by atoms with Gasteiger partial charge >= 0.3 is 0 Å². The van der Waals surface area contributed by atoms with Crippen molar-refractivity contribution in [3.8, 4) is 0 Å². The maximum atomic E-state index is 14.4. The normalized spacial score (nSPS) is 37.2. The summed E-state index contributed by atoms with van der Waals surface area (Å²) in [5.41, 5.74) is -0.0758. The van der Waals surface area contributed by atoms with Gasteiger partial charge < -0.3 is 5.32 Å². The van der Waals surface area contributed by atoms with Crippen LogP contribution in [0, 0.1) is 28.4 Å². The summed E-state index contributed by atoms with van der Waals surface area (Å²) in [5, 5.41) is 12.0. The minimum absolute atomic E-state index is 0.0678. The summed E-state index contributed by atoms with van der Waals surface area (Å²) < 4.78 is 28.8. The molecule has 5 rings (SSSR count). The van der Waals surface area contributed by atoms with Crippen LogP contribution < -0.4 is 5.32 Å². The molecule has 6 heteroatoms. The van der Waals surface area contributed by atoms with E-state index in [-0.39, 0.29) is 35.2 Å². The van der Waals surface area contributed by atoms with Crippen LogP contribution in [0.3, 0.4) is 0 Å². The van der Waals surface area contributed by atoms with Gasteiger partial charge in [0.1, 0.15) is 11.6 Å². The SMILES string of the molecule is CC1N=N/C(c2c(F)cccc2F)=C\C2=C[C@]3(C(=O)NC4CCC4)CC[C@H]2C13C. The topological polar surface area (TPSA) is 53.8 Å². The molecular weight excluding hydrogens is 372 g/mol. The van der Waals surface area contributed by atoms with Crippen LogP contribution in [0.25, 0.3) is 5.70 Å². The Morgan fingerprint density at radius 3 is 2.59 bits per heavy atom. The first-order valence-corrected chi connectivity index (χ1v) is 10.5. The highest BCUT2D eigenvalue weighted by molar-refractivity contribution is 5.89. The number of hydrogen-bond donors (Lipinski definition) is 1. The largest absolute Gasteiger partial charge is 0.353 e. The smallest absolute Gasteiger partial charge is 0.230 e. The Bertz CT molecular complexity index is 960. The van der Waals surface area contributed by atoms with Gasteiger partial charge in [0.25, 0.3) is 0 Å². The number of azo groups is 1. The highest BCUT2D eigenvalue weighted by atomic mass is 19.1. The van der Waals surface area contributed by atoms with Crippen LogP contribution in [0.1, 0.15) is 51.5 Å². The van der Waals surface area contributed by atoms with Crippen molar-refractivity contribution in [1.29, 1.82) is 0 Å². The van der Waals surface area contributed by atoms with Crippen LogP contribution in [0.2, 0.25) is 0 Å². The molecule has 2 unspecified atom stereocenters. The third kappa shape index (κ3) is 2.44. The van der Waals surface area contributed by atoms with Crippen LogP contribution in [-0.2, 0) is 4.79 Å². The number of nitrogens with zero attached hydrogens (tertiary/aromatic N) is 2. The fourth-order valence-corrected chi connectivity index (χ4v) is 5.79. The zero-order chi connectivity index (χ0) is 20.4. The zero-order valence-corrected chi connectivity index (χ0v) is 16.7. The molecule has 0 saturated heterocycles. The highest BCUT2D eigenvalue weighted by Crippen LogP contribution is 2.67. The van der Waals surface area contributed by atoms with Crippen molar-refractivity contribution in [2.75, 3.05) is 0 Å². The summed E-state index contributed by atoms with van der Waals surface area (Å²) in [6.45, 7) is 4.09. The lowest BCUT2D eigenvalue weighted by atomic mass is 9.63. The first-order chi connectivity index (χ1) is 13.9. The molecule has 1 aliphatic heterocycles. The predicted molar refractivity (Wildman–Crippen MR) is 106 cm³/mol. The Hall–Kier alpha value is -2.37. The molecule has 4 bridgehead atoms. The Labute approximate surface area is 169 Å². The quantitative estimate of drug-likeness (QED) is 0.751. The van der Waals surface area contributed by atoms with E-state index in [1.165, 1.54) is 18.2 Å². The van der Waals surface area contributed by atoms with E-state index in [2.05, 4.69) is 22.5 Å². The monoisotopic (exact) mass is 397 g/mol. The second kappa shape index (κ2) is 6.31. The Balaban J connectivity index is 1.62. The van der Waals surface area contributed by atoms with E-state index in [9.17, 15) is 13.6 Å². The lowest BCUT2D eigenvalue weighted by Crippen LogP contribution is -2.54. The molecular formula is C23H25F2N3O. The first kappa shape index (κ1) is 18.6. The van der Waals surface area contributed by atoms with E-state index in [1.807, 2.05) is 13.0 Å². The molecule has 1 N–H and O–H groups in total. The number of halogens is 2. The van der Waals surface area contributed by atoms with Crippen molar-refractivity contribution >= 4 is 11.6 Å². The van der Waals surface area contributed by atoms with Gasteiger partial charge in [0, 0.05) is 11.5 Å². The number of carbonyl (C=O) groups is 1. The van der Waals surface area contributed by atoms with Gasteiger partial charge in [0.15, 0.2) is 0 Å². The van der Waals surface area contributed by atoms with Gasteiger partial charge in [-0.2, -0.15) is 10.2 Å². The minimum Gasteiger partial charge on any atom is -0.353 e. The number of carbonyl (C=O) groups excluding carboxylic acids is 1. The van der Waals surface area contributed by atoms with Gasteiger partial charge in [-0.1, -0.05) is 19.1 Å². The van der Waals surface area contributed by atoms with Crippen molar-refractivity contribution in [2.24, 2.45) is 27.0 Å². The predicted octanol–water partition coefficient (Wildman–Crippen LogP) is 5.17. The third-order valence-corrected chi connectivity index (χ3v) is 7.90. The van der Waals surface area contributed by atoms with Gasteiger partial charge in [-0.25, -0.2) is 8.78 Å². The molecule has 1 aromatic rings. The van der Waals surface area contributed by atoms with Gasteiger partial charge in [-0.05, 0) is 68.7 Å². The van der Waals surface area contributed by atoms with Crippen molar-refractivity contribution in [3.63, 3.8) is 0 Å². The molecule has 29 heavy (non-hydrogen) atoms. The molecule has 2 fully saturated rings. The van der Waals surface area contributed by atoms with Gasteiger partial charge in [-0.15, -0.1) is 0 Å². The number of rotatable bonds is 3. The lowest BCUT2D eigenvalue weighted by Gasteiger charge is -2.43. The molecule has 1 amide bonds. The third-order valence-electron chi connectivity index (χ3n) is 7.90. The van der Waals surface area contributed by atoms with E-state index < -0.39 is 22.5 Å².